The third-order valence-electron chi connectivity index (χ3n) is 2.94. The summed E-state index contributed by atoms with van der Waals surface area (Å²) in [6.45, 7) is 0. The van der Waals surface area contributed by atoms with E-state index in [-0.39, 0.29) is 5.75 Å². The summed E-state index contributed by atoms with van der Waals surface area (Å²) in [4.78, 5) is 16.7. The molecule has 0 unspecified atom stereocenters. The quantitative estimate of drug-likeness (QED) is 0.624. The van der Waals surface area contributed by atoms with Crippen molar-refractivity contribution in [2.24, 2.45) is 0 Å². The Kier molecular flexibility index (Phi) is 3.53. The van der Waals surface area contributed by atoms with Gasteiger partial charge < -0.3 is 19.8 Å². The summed E-state index contributed by atoms with van der Waals surface area (Å²) in [5, 5.41) is 18.1. The lowest BCUT2D eigenvalue weighted by atomic mass is 10.1. The van der Waals surface area contributed by atoms with Crippen LogP contribution in [0.3, 0.4) is 0 Å². The van der Waals surface area contributed by atoms with Gasteiger partial charge in [-0.05, 0) is 12.1 Å². The van der Waals surface area contributed by atoms with E-state index in [4.69, 9.17) is 9.84 Å². The number of thioether (sulfide) groups is 1. The number of hydrogen-bond acceptors (Lipinski definition) is 5. The molecule has 0 bridgehead atoms. The Morgan fingerprint density at radius 1 is 1.43 bits per heavy atom. The maximum absolute atomic E-state index is 10.5. The van der Waals surface area contributed by atoms with E-state index in [0.717, 1.165) is 34.0 Å². The van der Waals surface area contributed by atoms with Crippen molar-refractivity contribution >= 4 is 28.6 Å². The van der Waals surface area contributed by atoms with Gasteiger partial charge in [0.15, 0.2) is 11.0 Å². The number of hydrogen-bond donors (Lipinski definition) is 3. The first-order valence-electron chi connectivity index (χ1n) is 6.10. The molecule has 7 nitrogen and oxygen atoms in total. The van der Waals surface area contributed by atoms with Gasteiger partial charge >= 0.3 is 5.97 Å². The van der Waals surface area contributed by atoms with Gasteiger partial charge in [0.25, 0.3) is 0 Å². The number of benzene rings is 1. The monoisotopic (exact) mass is 304 g/mol. The third-order valence-corrected chi connectivity index (χ3v) is 3.79. The van der Waals surface area contributed by atoms with Crippen LogP contribution in [0.5, 0.6) is 5.75 Å². The maximum atomic E-state index is 10.5. The van der Waals surface area contributed by atoms with Gasteiger partial charge in [-0.3, -0.25) is 4.79 Å². The van der Waals surface area contributed by atoms with E-state index < -0.39 is 5.97 Å². The van der Waals surface area contributed by atoms with Crippen LogP contribution in [-0.4, -0.2) is 44.1 Å². The Hall–Kier alpha value is -2.48. The topological polar surface area (TPSA) is 104 Å². The van der Waals surface area contributed by atoms with Crippen molar-refractivity contribution in [3.8, 4) is 17.1 Å². The van der Waals surface area contributed by atoms with Crippen molar-refractivity contribution < 1.29 is 14.6 Å². The van der Waals surface area contributed by atoms with Crippen molar-refractivity contribution in [2.45, 2.75) is 5.16 Å². The molecule has 108 valence electrons. The number of rotatable bonds is 5. The van der Waals surface area contributed by atoms with Crippen molar-refractivity contribution in [1.29, 1.82) is 0 Å². The predicted molar refractivity (Wildman–Crippen MR) is 78.6 cm³/mol. The number of H-pyrrole nitrogens is 2. The summed E-state index contributed by atoms with van der Waals surface area (Å²) in [6.07, 6.45) is 1.83. The minimum absolute atomic E-state index is 0.0558. The highest BCUT2D eigenvalue weighted by Crippen LogP contribution is 2.29. The normalized spacial score (nSPS) is 10.9. The Morgan fingerprint density at radius 3 is 3.05 bits per heavy atom. The van der Waals surface area contributed by atoms with Crippen LogP contribution in [0.15, 0.2) is 29.6 Å². The molecule has 0 fully saturated rings. The molecule has 1 aromatic carbocycles. The van der Waals surface area contributed by atoms with Gasteiger partial charge in [-0.2, -0.15) is 0 Å². The zero-order valence-electron chi connectivity index (χ0n) is 11.1. The number of nitrogens with one attached hydrogen (secondary N) is 2. The van der Waals surface area contributed by atoms with Crippen LogP contribution in [0.1, 0.15) is 0 Å². The lowest BCUT2D eigenvalue weighted by Crippen LogP contribution is -1.97. The molecule has 3 rings (SSSR count). The van der Waals surface area contributed by atoms with E-state index >= 15 is 0 Å². The van der Waals surface area contributed by atoms with Crippen molar-refractivity contribution in [3.05, 3.63) is 24.4 Å². The fourth-order valence-electron chi connectivity index (χ4n) is 1.99. The van der Waals surface area contributed by atoms with Crippen LogP contribution in [0, 0.1) is 0 Å². The van der Waals surface area contributed by atoms with Gasteiger partial charge in [-0.15, -0.1) is 10.2 Å². The maximum Gasteiger partial charge on any atom is 0.313 e. The number of carboxylic acids is 1. The van der Waals surface area contributed by atoms with E-state index in [1.165, 1.54) is 0 Å². The lowest BCUT2D eigenvalue weighted by Gasteiger charge is -1.99. The summed E-state index contributed by atoms with van der Waals surface area (Å²) in [5.74, 6) is 0.419. The molecular weight excluding hydrogens is 292 g/mol. The third kappa shape index (κ3) is 2.70. The molecule has 2 heterocycles. The molecule has 0 aliphatic carbocycles. The van der Waals surface area contributed by atoms with Crippen molar-refractivity contribution in [2.75, 3.05) is 12.9 Å². The van der Waals surface area contributed by atoms with Gasteiger partial charge in [0.2, 0.25) is 0 Å². The molecule has 8 heteroatoms. The number of carbonyl (C=O) groups is 1. The second kappa shape index (κ2) is 5.49. The molecule has 3 aromatic rings. The second-order valence-corrected chi connectivity index (χ2v) is 5.24. The predicted octanol–water partition coefficient (Wildman–Crippen LogP) is 2.14. The number of aromatic nitrogens is 4. The molecule has 2 aromatic heterocycles. The van der Waals surface area contributed by atoms with Gasteiger partial charge in [0.1, 0.15) is 5.75 Å². The molecular formula is C13H12N4O3S. The highest BCUT2D eigenvalue weighted by Gasteiger charge is 2.12. The summed E-state index contributed by atoms with van der Waals surface area (Å²) >= 11 is 1.10. The molecule has 0 saturated heterocycles. The van der Waals surface area contributed by atoms with Crippen LogP contribution in [0.2, 0.25) is 0 Å². The molecule has 0 spiro atoms. The van der Waals surface area contributed by atoms with E-state index in [9.17, 15) is 4.79 Å². The number of aromatic amines is 2. The number of methoxy groups -OCH3 is 1. The Labute approximate surface area is 123 Å². The van der Waals surface area contributed by atoms with E-state index in [1.54, 1.807) is 7.11 Å². The molecule has 0 saturated carbocycles. The SMILES string of the molecule is COc1ccc2c(-c3nnc(SCC(=O)O)[nH]3)c[nH]c2c1. The average Bonchev–Trinajstić information content (AvgIpc) is 3.10. The first kappa shape index (κ1) is 13.5. The zero-order chi connectivity index (χ0) is 14.8. The number of fused-ring (bicyclic) bond motifs is 1. The van der Waals surface area contributed by atoms with E-state index in [1.807, 2.05) is 24.4 Å². The summed E-state index contributed by atoms with van der Waals surface area (Å²) in [5.41, 5.74) is 1.81. The lowest BCUT2D eigenvalue weighted by molar-refractivity contribution is -0.133. The van der Waals surface area contributed by atoms with Crippen molar-refractivity contribution in [3.63, 3.8) is 0 Å². The molecule has 0 atom stereocenters. The molecule has 0 aliphatic heterocycles. The minimum atomic E-state index is -0.892. The fraction of sp³-hybridized carbons (Fsp3) is 0.154. The fourth-order valence-corrected chi connectivity index (χ4v) is 2.52. The van der Waals surface area contributed by atoms with Crippen molar-refractivity contribution in [1.82, 2.24) is 20.2 Å². The van der Waals surface area contributed by atoms with Gasteiger partial charge in [0.05, 0.1) is 12.9 Å². The highest BCUT2D eigenvalue weighted by molar-refractivity contribution is 7.99. The van der Waals surface area contributed by atoms with Crippen LogP contribution in [-0.2, 0) is 4.79 Å². The van der Waals surface area contributed by atoms with Crippen LogP contribution in [0.4, 0.5) is 0 Å². The van der Waals surface area contributed by atoms with E-state index in [0.29, 0.717) is 11.0 Å². The van der Waals surface area contributed by atoms with Crippen LogP contribution in [0.25, 0.3) is 22.3 Å². The number of ether oxygens (including phenoxy) is 1. The number of carboxylic acid groups (broad SMARTS) is 1. The van der Waals surface area contributed by atoms with E-state index in [2.05, 4.69) is 20.2 Å². The first-order valence-corrected chi connectivity index (χ1v) is 7.08. The highest BCUT2D eigenvalue weighted by atomic mass is 32.2. The summed E-state index contributed by atoms with van der Waals surface area (Å²) in [6, 6.07) is 5.71. The Morgan fingerprint density at radius 2 is 2.29 bits per heavy atom. The summed E-state index contributed by atoms with van der Waals surface area (Å²) in [7, 11) is 1.62. The van der Waals surface area contributed by atoms with Gasteiger partial charge in [-0.1, -0.05) is 11.8 Å². The number of nitrogens with zero attached hydrogens (tertiary/aromatic N) is 2. The smallest absolute Gasteiger partial charge is 0.313 e. The molecule has 3 N–H and O–H groups in total. The molecule has 21 heavy (non-hydrogen) atoms. The van der Waals surface area contributed by atoms with Crippen LogP contribution < -0.4 is 4.74 Å². The summed E-state index contributed by atoms with van der Waals surface area (Å²) < 4.78 is 5.18. The minimum Gasteiger partial charge on any atom is -0.497 e. The second-order valence-electron chi connectivity index (χ2n) is 4.28. The van der Waals surface area contributed by atoms with Crippen LogP contribution >= 0.6 is 11.8 Å². The van der Waals surface area contributed by atoms with Gasteiger partial charge in [0, 0.05) is 28.7 Å². The average molecular weight is 304 g/mol. The number of aliphatic carboxylic acids is 1. The Bertz CT molecular complexity index is 796. The first-order chi connectivity index (χ1) is 10.2. The molecule has 0 amide bonds. The standard InChI is InChI=1S/C13H12N4O3S/c1-20-7-2-3-8-9(5-14-10(8)4-7)12-15-13(17-16-12)21-6-11(18)19/h2-5,14H,6H2,1H3,(H,18,19)(H,15,16,17). The zero-order valence-corrected chi connectivity index (χ0v) is 11.9. The molecule has 0 aliphatic rings. The Balaban J connectivity index is 1.91. The molecule has 0 radical (unpaired) electrons. The largest absolute Gasteiger partial charge is 0.497 e. The van der Waals surface area contributed by atoms with Gasteiger partial charge in [-0.25, -0.2) is 0 Å².